The van der Waals surface area contributed by atoms with Gasteiger partial charge in [0.05, 0.1) is 67.6 Å². The van der Waals surface area contributed by atoms with Crippen LogP contribution in [0.15, 0.2) is 78.1 Å². The van der Waals surface area contributed by atoms with Gasteiger partial charge in [-0.05, 0) is 67.5 Å². The van der Waals surface area contributed by atoms with E-state index in [0.29, 0.717) is 79.5 Å². The number of imide groups is 1. The number of hydrogen-bond acceptors (Lipinski definition) is 14. The van der Waals surface area contributed by atoms with E-state index < -0.39 is 11.9 Å². The number of likely N-dealkylation sites (tertiary alicyclic amines) is 1. The van der Waals surface area contributed by atoms with Crippen LogP contribution in [0.1, 0.15) is 121 Å². The van der Waals surface area contributed by atoms with E-state index in [2.05, 4.69) is 22.2 Å². The van der Waals surface area contributed by atoms with E-state index >= 15 is 0 Å². The van der Waals surface area contributed by atoms with Crippen molar-refractivity contribution in [2.24, 2.45) is 30.9 Å². The lowest BCUT2D eigenvalue weighted by Gasteiger charge is -2.20. The number of aromatic nitrogens is 2. The topological polar surface area (TPSA) is 243 Å². The summed E-state index contributed by atoms with van der Waals surface area (Å²) in [6.45, 7) is 11.6. The van der Waals surface area contributed by atoms with Gasteiger partial charge in [0.15, 0.2) is 5.78 Å². The molecule has 2 N–H and O–H groups in total. The van der Waals surface area contributed by atoms with E-state index in [4.69, 9.17) is 18.9 Å². The number of amides is 5. The highest BCUT2D eigenvalue weighted by Crippen LogP contribution is 2.35. The largest absolute Gasteiger partial charge is 0.493 e. The second-order valence-electron chi connectivity index (χ2n) is 20.9. The first-order valence-electron chi connectivity index (χ1n) is 27.4. The monoisotopic (exact) mass is 1100 g/mol. The van der Waals surface area contributed by atoms with Gasteiger partial charge in [0.2, 0.25) is 17.7 Å². The zero-order valence-corrected chi connectivity index (χ0v) is 46.5. The van der Waals surface area contributed by atoms with Gasteiger partial charge in [0, 0.05) is 121 Å². The molecule has 2 aromatic heterocycles. The molecular formula is C60H73N7O13. The van der Waals surface area contributed by atoms with Gasteiger partial charge in [0.25, 0.3) is 11.8 Å². The Hall–Kier alpha value is -7.84. The van der Waals surface area contributed by atoms with E-state index in [-0.39, 0.29) is 143 Å². The average Bonchev–Trinajstić information content (AvgIpc) is 4.17. The standard InChI is InChI=1S/C60H73N7O13/c1-38-26-46-34-62-50-33-54(39(2)28-49(50)59(75)67(46)35-38)79-21-8-11-55(71)63-45-32-51(65(6)37-45)53(70)30-42-12-14-43(15-13-42)44-31-52(64(5)36-44)57(73)61-18-9-22-80-60(76)41(4)27-48(69)17-23-78-25-24-77-20-7-10-47(68)16-19-66-56(72)29-40(3)58(66)74/h12-15,28,31-34,36-37,40-41,46H,1,7-11,16-27,29-30,35H2,2-6H3,(H,61,73)(H,63,71)/t40?,41-,46-/m1/s1. The first kappa shape index (κ1) is 59.8. The van der Waals surface area contributed by atoms with Gasteiger partial charge < -0.3 is 43.6 Å². The Morgan fingerprint density at radius 1 is 0.787 bits per heavy atom. The Labute approximate surface area is 466 Å². The SMILES string of the molecule is C=C1C[C@@H]2C=Nc3cc(OCCCC(=O)Nc4cc(C(=O)Cc5ccc(-c6cc(C(=O)NCCCOC(=O)[C@H](C)CC(=O)CCOCCOCCCC(=O)CCN7C(=O)CC(C)C7=O)n(C)c6)cc5)n(C)c4)c(C)cc3C(=O)N2C1. The summed E-state index contributed by atoms with van der Waals surface area (Å²) in [7, 11) is 3.52. The Kier molecular flexibility index (Phi) is 21.2. The lowest BCUT2D eigenvalue weighted by molar-refractivity contribution is -0.149. The fourth-order valence-corrected chi connectivity index (χ4v) is 9.73. The van der Waals surface area contributed by atoms with Crippen LogP contribution in [0, 0.1) is 18.8 Å². The number of aliphatic imine (C=N–C) groups is 1. The molecule has 1 unspecified atom stereocenters. The normalized spacial score (nSPS) is 16.1. The molecule has 20 nitrogen and oxygen atoms in total. The minimum Gasteiger partial charge on any atom is -0.493 e. The number of carbonyl (C=O) groups excluding carboxylic acids is 9. The first-order valence-corrected chi connectivity index (χ1v) is 27.4. The number of aryl methyl sites for hydroxylation is 3. The summed E-state index contributed by atoms with van der Waals surface area (Å²) < 4.78 is 25.8. The molecule has 2 aromatic carbocycles. The van der Waals surface area contributed by atoms with Crippen LogP contribution in [0.3, 0.4) is 0 Å². The molecule has 5 amide bonds. The van der Waals surface area contributed by atoms with Gasteiger partial charge in [-0.25, -0.2) is 0 Å². The fourth-order valence-electron chi connectivity index (χ4n) is 9.73. The highest BCUT2D eigenvalue weighted by Gasteiger charge is 2.36. The van der Waals surface area contributed by atoms with Crippen molar-refractivity contribution in [3.8, 4) is 16.9 Å². The number of carbonyl (C=O) groups is 9. The van der Waals surface area contributed by atoms with Crippen LogP contribution in [0.25, 0.3) is 11.1 Å². The maximum atomic E-state index is 13.4. The van der Waals surface area contributed by atoms with Gasteiger partial charge in [-0.2, -0.15) is 0 Å². The molecule has 3 atom stereocenters. The molecule has 20 heteroatoms. The van der Waals surface area contributed by atoms with Crippen molar-refractivity contribution in [3.63, 3.8) is 0 Å². The number of nitrogens with one attached hydrogen (secondary N) is 2. The molecule has 0 radical (unpaired) electrons. The zero-order chi connectivity index (χ0) is 57.5. The maximum absolute atomic E-state index is 13.4. The molecule has 0 saturated carbocycles. The number of ether oxygens (including phenoxy) is 4. The average molecular weight is 1100 g/mol. The molecule has 0 spiro atoms. The Bertz CT molecular complexity index is 3010. The number of fused-ring (bicyclic) bond motifs is 2. The molecule has 3 aliphatic heterocycles. The number of Topliss-reactive ketones (excluding diaryl/α,β-unsaturated/α-hetero) is 3. The maximum Gasteiger partial charge on any atom is 0.309 e. The van der Waals surface area contributed by atoms with E-state index in [1.54, 1.807) is 78.7 Å². The van der Waals surface area contributed by atoms with Crippen LogP contribution in [-0.4, -0.2) is 143 Å². The molecule has 2 fully saturated rings. The summed E-state index contributed by atoms with van der Waals surface area (Å²) in [6.07, 6.45) is 8.45. The molecule has 2 saturated heterocycles. The predicted octanol–water partition coefficient (Wildman–Crippen LogP) is 6.86. The van der Waals surface area contributed by atoms with Crippen molar-refractivity contribution in [2.45, 2.75) is 97.4 Å². The van der Waals surface area contributed by atoms with Crippen LogP contribution >= 0.6 is 0 Å². The summed E-state index contributed by atoms with van der Waals surface area (Å²) in [6, 6.07) is 14.5. The Balaban J connectivity index is 0.727. The number of hydrogen-bond donors (Lipinski definition) is 2. The number of benzene rings is 2. The van der Waals surface area contributed by atoms with Crippen molar-refractivity contribution in [1.82, 2.24) is 24.3 Å². The lowest BCUT2D eigenvalue weighted by atomic mass is 10.0. The Morgan fingerprint density at radius 3 is 2.27 bits per heavy atom. The minimum absolute atomic E-state index is 0.00929. The smallest absolute Gasteiger partial charge is 0.309 e. The van der Waals surface area contributed by atoms with E-state index in [9.17, 15) is 43.2 Å². The fraction of sp³-hybridized carbons (Fsp3) is 0.467. The number of anilines is 1. The zero-order valence-electron chi connectivity index (χ0n) is 46.5. The number of nitrogens with zero attached hydrogens (tertiary/aromatic N) is 5. The first-order chi connectivity index (χ1) is 38.3. The van der Waals surface area contributed by atoms with Crippen molar-refractivity contribution in [3.05, 3.63) is 101 Å². The molecule has 3 aliphatic rings. The van der Waals surface area contributed by atoms with Crippen molar-refractivity contribution >= 4 is 70.4 Å². The van der Waals surface area contributed by atoms with Gasteiger partial charge in [-0.1, -0.05) is 50.3 Å². The molecule has 426 valence electrons. The summed E-state index contributed by atoms with van der Waals surface area (Å²) in [5, 5.41) is 5.75. The lowest BCUT2D eigenvalue weighted by Crippen LogP contribution is -2.35. The van der Waals surface area contributed by atoms with E-state index in [0.717, 1.165) is 27.8 Å². The molecule has 5 heterocycles. The summed E-state index contributed by atoms with van der Waals surface area (Å²) >= 11 is 0. The minimum atomic E-state index is -0.641. The van der Waals surface area contributed by atoms with Gasteiger partial charge in [-0.15, -0.1) is 0 Å². The van der Waals surface area contributed by atoms with Gasteiger partial charge in [-0.3, -0.25) is 53.0 Å². The third kappa shape index (κ3) is 16.4. The third-order valence-corrected chi connectivity index (χ3v) is 14.2. The highest BCUT2D eigenvalue weighted by molar-refractivity contribution is 6.04. The summed E-state index contributed by atoms with van der Waals surface area (Å²) in [5.41, 5.74) is 6.75. The van der Waals surface area contributed by atoms with Crippen LogP contribution < -0.4 is 15.4 Å². The number of esters is 1. The van der Waals surface area contributed by atoms with Crippen LogP contribution in [0.4, 0.5) is 11.4 Å². The summed E-state index contributed by atoms with van der Waals surface area (Å²) in [5.74, 6) is -2.21. The molecule has 80 heavy (non-hydrogen) atoms. The molecule has 0 aliphatic carbocycles. The van der Waals surface area contributed by atoms with Gasteiger partial charge >= 0.3 is 5.97 Å². The predicted molar refractivity (Wildman–Crippen MR) is 298 cm³/mol. The van der Waals surface area contributed by atoms with E-state index in [1.807, 2.05) is 37.4 Å². The van der Waals surface area contributed by atoms with Crippen molar-refractivity contribution < 1.29 is 62.1 Å². The van der Waals surface area contributed by atoms with E-state index in [1.165, 1.54) is 4.90 Å². The van der Waals surface area contributed by atoms with Crippen LogP contribution in [-0.2, 0) is 63.5 Å². The number of ketones is 3. The van der Waals surface area contributed by atoms with Gasteiger partial charge in [0.1, 0.15) is 23.0 Å². The molecule has 7 rings (SSSR count). The van der Waals surface area contributed by atoms with Crippen molar-refractivity contribution in [2.75, 3.05) is 64.6 Å². The van der Waals surface area contributed by atoms with Crippen molar-refractivity contribution in [1.29, 1.82) is 0 Å². The summed E-state index contributed by atoms with van der Waals surface area (Å²) in [4.78, 5) is 121. The number of rotatable bonds is 31. The third-order valence-electron chi connectivity index (χ3n) is 14.2. The quantitative estimate of drug-likeness (QED) is 0.0172. The second kappa shape index (κ2) is 28.3. The Morgan fingerprint density at radius 2 is 1.52 bits per heavy atom. The highest BCUT2D eigenvalue weighted by atomic mass is 16.5. The second-order valence-corrected chi connectivity index (χ2v) is 20.9. The van der Waals surface area contributed by atoms with Crippen LogP contribution in [0.5, 0.6) is 5.75 Å². The molecule has 4 aromatic rings. The van der Waals surface area contributed by atoms with Crippen LogP contribution in [0.2, 0.25) is 0 Å². The molecule has 0 bridgehead atoms. The molecular weight excluding hydrogens is 1030 g/mol.